The molecule has 1 heterocycles. The van der Waals surface area contributed by atoms with Crippen molar-refractivity contribution in [2.75, 3.05) is 27.2 Å². The summed E-state index contributed by atoms with van der Waals surface area (Å²) in [7, 11) is -0.149. The van der Waals surface area contributed by atoms with Gasteiger partial charge in [-0.1, -0.05) is 36.8 Å². The molecule has 0 atom stereocenters. The number of nitrogens with zero attached hydrogens (tertiary/aromatic N) is 2. The summed E-state index contributed by atoms with van der Waals surface area (Å²) < 4.78 is 33.4. The fourth-order valence-electron chi connectivity index (χ4n) is 3.72. The monoisotopic (exact) mass is 572 g/mol. The minimum atomic E-state index is -3.50. The average Bonchev–Trinajstić information content (AvgIpc) is 2.80. The largest absolute Gasteiger partial charge is 0.496 e. The number of halogens is 1. The standard InChI is InChI=1S/C23H32N4O3S.HI/c1-18-11-12-19(21(15-18)30-3)16-25-23(24-2)26-17-20-9-5-6-10-22(20)31(28,29)27-13-7-4-8-14-27;/h5-6,9-12,15H,4,7-8,13-14,16-17H2,1-3H3,(H2,24,25,26);1H. The Balaban J connectivity index is 0.00000363. The molecule has 1 saturated heterocycles. The second-order valence-electron chi connectivity index (χ2n) is 7.67. The number of hydrogen-bond acceptors (Lipinski definition) is 4. The second kappa shape index (κ2) is 12.4. The van der Waals surface area contributed by atoms with Crippen molar-refractivity contribution in [3.8, 4) is 5.75 Å². The molecule has 1 aliphatic heterocycles. The molecule has 2 aromatic rings. The van der Waals surface area contributed by atoms with E-state index >= 15 is 0 Å². The number of hydrogen-bond donors (Lipinski definition) is 2. The SMILES string of the molecule is CN=C(NCc1ccc(C)cc1OC)NCc1ccccc1S(=O)(=O)N1CCCCC1.I. The summed E-state index contributed by atoms with van der Waals surface area (Å²) in [5, 5.41) is 6.51. The lowest BCUT2D eigenvalue weighted by atomic mass is 10.1. The number of ether oxygens (including phenoxy) is 1. The summed E-state index contributed by atoms with van der Waals surface area (Å²) in [6.45, 7) is 4.10. The van der Waals surface area contributed by atoms with E-state index in [-0.39, 0.29) is 24.0 Å². The zero-order valence-corrected chi connectivity index (χ0v) is 22.1. The molecule has 0 unspecified atom stereocenters. The molecule has 1 fully saturated rings. The Kier molecular flexibility index (Phi) is 10.2. The lowest BCUT2D eigenvalue weighted by molar-refractivity contribution is 0.346. The Hall–Kier alpha value is -1.85. The van der Waals surface area contributed by atoms with Crippen molar-refractivity contribution in [1.29, 1.82) is 0 Å². The van der Waals surface area contributed by atoms with Crippen molar-refractivity contribution in [1.82, 2.24) is 14.9 Å². The molecule has 0 radical (unpaired) electrons. The predicted molar refractivity (Wildman–Crippen MR) is 139 cm³/mol. The summed E-state index contributed by atoms with van der Waals surface area (Å²) in [5.74, 6) is 1.41. The molecule has 0 aliphatic carbocycles. The van der Waals surface area contributed by atoms with Crippen molar-refractivity contribution in [3.63, 3.8) is 0 Å². The van der Waals surface area contributed by atoms with E-state index in [1.165, 1.54) is 0 Å². The molecule has 7 nitrogen and oxygen atoms in total. The van der Waals surface area contributed by atoms with Crippen LogP contribution in [0.4, 0.5) is 0 Å². The molecule has 3 rings (SSSR count). The van der Waals surface area contributed by atoms with E-state index in [0.717, 1.165) is 41.7 Å². The van der Waals surface area contributed by atoms with E-state index < -0.39 is 10.0 Å². The van der Waals surface area contributed by atoms with Gasteiger partial charge in [0.2, 0.25) is 10.0 Å². The zero-order valence-electron chi connectivity index (χ0n) is 18.9. The summed E-state index contributed by atoms with van der Waals surface area (Å²) >= 11 is 0. The molecular formula is C23H33IN4O3S. The van der Waals surface area contributed by atoms with Crippen LogP contribution in [0.15, 0.2) is 52.4 Å². The summed E-state index contributed by atoms with van der Waals surface area (Å²) in [4.78, 5) is 4.63. The van der Waals surface area contributed by atoms with Gasteiger partial charge >= 0.3 is 0 Å². The molecule has 0 spiro atoms. The number of sulfonamides is 1. The van der Waals surface area contributed by atoms with Crippen LogP contribution in [-0.2, 0) is 23.1 Å². The van der Waals surface area contributed by atoms with Crippen LogP contribution in [0, 0.1) is 6.92 Å². The van der Waals surface area contributed by atoms with Gasteiger partial charge < -0.3 is 15.4 Å². The van der Waals surface area contributed by atoms with Crippen LogP contribution < -0.4 is 15.4 Å². The van der Waals surface area contributed by atoms with Crippen molar-refractivity contribution in [2.45, 2.75) is 44.2 Å². The van der Waals surface area contributed by atoms with Crippen LogP contribution in [0.25, 0.3) is 0 Å². The number of piperidine rings is 1. The lowest BCUT2D eigenvalue weighted by Gasteiger charge is -2.27. The first-order valence-electron chi connectivity index (χ1n) is 10.6. The molecular weight excluding hydrogens is 539 g/mol. The van der Waals surface area contributed by atoms with E-state index in [1.54, 1.807) is 30.6 Å². The van der Waals surface area contributed by atoms with Gasteiger partial charge in [-0.3, -0.25) is 4.99 Å². The summed E-state index contributed by atoms with van der Waals surface area (Å²) in [6.07, 6.45) is 2.92. The first-order valence-corrected chi connectivity index (χ1v) is 12.1. The normalized spacial score (nSPS) is 15.0. The molecule has 0 amide bonds. The molecule has 2 aromatic carbocycles. The molecule has 2 N–H and O–H groups in total. The topological polar surface area (TPSA) is 83.0 Å². The smallest absolute Gasteiger partial charge is 0.243 e. The highest BCUT2D eigenvalue weighted by Gasteiger charge is 2.27. The molecule has 0 saturated carbocycles. The van der Waals surface area contributed by atoms with Gasteiger partial charge in [0, 0.05) is 38.8 Å². The minimum absolute atomic E-state index is 0. The fraction of sp³-hybridized carbons (Fsp3) is 0.435. The first kappa shape index (κ1) is 26.4. The van der Waals surface area contributed by atoms with E-state index in [2.05, 4.69) is 15.6 Å². The van der Waals surface area contributed by atoms with Crippen molar-refractivity contribution < 1.29 is 13.2 Å². The lowest BCUT2D eigenvalue weighted by Crippen LogP contribution is -2.38. The number of aliphatic imine (C=N–C) groups is 1. The third-order valence-corrected chi connectivity index (χ3v) is 7.46. The minimum Gasteiger partial charge on any atom is -0.496 e. The van der Waals surface area contributed by atoms with E-state index in [0.29, 0.717) is 37.0 Å². The maximum absolute atomic E-state index is 13.2. The second-order valence-corrected chi connectivity index (χ2v) is 9.57. The van der Waals surface area contributed by atoms with Crippen molar-refractivity contribution in [2.24, 2.45) is 4.99 Å². The quantitative estimate of drug-likeness (QED) is 0.301. The highest BCUT2D eigenvalue weighted by Crippen LogP contribution is 2.23. The Morgan fingerprint density at radius 3 is 2.34 bits per heavy atom. The third kappa shape index (κ3) is 6.58. The number of nitrogens with one attached hydrogen (secondary N) is 2. The summed E-state index contributed by atoms with van der Waals surface area (Å²) in [6, 6.07) is 13.2. The highest BCUT2D eigenvalue weighted by molar-refractivity contribution is 14.0. The molecule has 176 valence electrons. The van der Waals surface area contributed by atoms with Crippen molar-refractivity contribution >= 4 is 40.0 Å². The van der Waals surface area contributed by atoms with Gasteiger partial charge in [0.25, 0.3) is 0 Å². The van der Waals surface area contributed by atoms with Crippen LogP contribution in [-0.4, -0.2) is 45.9 Å². The van der Waals surface area contributed by atoms with E-state index in [1.807, 2.05) is 37.3 Å². The fourth-order valence-corrected chi connectivity index (χ4v) is 5.46. The van der Waals surface area contributed by atoms with Gasteiger partial charge in [0.1, 0.15) is 5.75 Å². The van der Waals surface area contributed by atoms with Gasteiger partial charge in [-0.25, -0.2) is 8.42 Å². The predicted octanol–water partition coefficient (Wildman–Crippen LogP) is 3.66. The van der Waals surface area contributed by atoms with Gasteiger partial charge in [-0.2, -0.15) is 4.31 Å². The number of aryl methyl sites for hydroxylation is 1. The van der Waals surface area contributed by atoms with Crippen LogP contribution in [0.5, 0.6) is 5.75 Å². The van der Waals surface area contributed by atoms with Crippen molar-refractivity contribution in [3.05, 3.63) is 59.2 Å². The summed E-state index contributed by atoms with van der Waals surface area (Å²) in [5.41, 5.74) is 2.88. The maximum Gasteiger partial charge on any atom is 0.243 e. The number of guanidine groups is 1. The van der Waals surface area contributed by atoms with E-state index in [4.69, 9.17) is 4.74 Å². The Bertz CT molecular complexity index is 1020. The third-order valence-electron chi connectivity index (χ3n) is 5.46. The van der Waals surface area contributed by atoms with Crippen LogP contribution in [0.3, 0.4) is 0 Å². The zero-order chi connectivity index (χ0) is 22.3. The molecule has 9 heteroatoms. The molecule has 0 bridgehead atoms. The molecule has 1 aliphatic rings. The molecule has 32 heavy (non-hydrogen) atoms. The maximum atomic E-state index is 13.2. The number of methoxy groups -OCH3 is 1. The Morgan fingerprint density at radius 2 is 1.69 bits per heavy atom. The van der Waals surface area contributed by atoms with Crippen LogP contribution in [0.2, 0.25) is 0 Å². The van der Waals surface area contributed by atoms with Crippen LogP contribution >= 0.6 is 24.0 Å². The number of rotatable bonds is 7. The Labute approximate surface area is 208 Å². The van der Waals surface area contributed by atoms with Gasteiger partial charge in [-0.15, -0.1) is 24.0 Å². The highest BCUT2D eigenvalue weighted by atomic mass is 127. The molecule has 0 aromatic heterocycles. The Morgan fingerprint density at radius 1 is 1.03 bits per heavy atom. The van der Waals surface area contributed by atoms with Gasteiger partial charge in [0.05, 0.1) is 12.0 Å². The van der Waals surface area contributed by atoms with Crippen LogP contribution in [0.1, 0.15) is 36.0 Å². The van der Waals surface area contributed by atoms with Gasteiger partial charge in [-0.05, 0) is 43.0 Å². The first-order chi connectivity index (χ1) is 15.0. The van der Waals surface area contributed by atoms with E-state index in [9.17, 15) is 8.42 Å². The van der Waals surface area contributed by atoms with Gasteiger partial charge in [0.15, 0.2) is 5.96 Å². The average molecular weight is 573 g/mol. The number of benzene rings is 2.